The number of hydrogen-bond donors (Lipinski definition) is 2. The van der Waals surface area contributed by atoms with Gasteiger partial charge in [0, 0.05) is 21.4 Å². The monoisotopic (exact) mass is 296 g/mol. The number of benzene rings is 1. The van der Waals surface area contributed by atoms with Gasteiger partial charge in [-0.25, -0.2) is 15.3 Å². The van der Waals surface area contributed by atoms with Crippen LogP contribution in [0.5, 0.6) is 0 Å². The maximum atomic E-state index is 10.3. The molecule has 0 unspecified atom stereocenters. The molecule has 5 nitrogen and oxygen atoms in total. The van der Waals surface area contributed by atoms with Crippen LogP contribution in [0.2, 0.25) is 0 Å². The molecule has 1 heterocycles. The van der Waals surface area contributed by atoms with Gasteiger partial charge >= 0.3 is 5.97 Å². The van der Waals surface area contributed by atoms with Gasteiger partial charge in [-0.05, 0) is 12.1 Å². The molecule has 0 atom stereocenters. The third-order valence-electron chi connectivity index (χ3n) is 2.12. The highest BCUT2D eigenvalue weighted by Crippen LogP contribution is 2.27. The van der Waals surface area contributed by atoms with E-state index in [0.717, 1.165) is 15.2 Å². The summed E-state index contributed by atoms with van der Waals surface area (Å²) in [4.78, 5) is 19.2. The Hall–Kier alpha value is -1.66. The average molecular weight is 297 g/mol. The number of anilines is 1. The first-order valence-electron chi connectivity index (χ1n) is 4.81. The predicted molar refractivity (Wildman–Crippen MR) is 66.7 cm³/mol. The summed E-state index contributed by atoms with van der Waals surface area (Å²) >= 11 is 3.43. The summed E-state index contributed by atoms with van der Waals surface area (Å²) in [5.74, 6) is -0.552. The molecule has 0 spiro atoms. The Morgan fingerprint density at radius 1 is 1.41 bits per heavy atom. The minimum absolute atomic E-state index is 0.425. The number of nitrogens with zero attached hydrogens (tertiary/aromatic N) is 1. The Morgan fingerprint density at radius 2 is 2.24 bits per heavy atom. The lowest BCUT2D eigenvalue weighted by atomic mass is 10.2. The van der Waals surface area contributed by atoms with Crippen LogP contribution in [-0.2, 0) is 9.63 Å². The van der Waals surface area contributed by atoms with Gasteiger partial charge in [0.25, 0.3) is 0 Å². The SMILES string of the molecule is O=C(O)CONc1nccc2c(Br)cccc12. The molecule has 2 rings (SSSR count). The fourth-order valence-electron chi connectivity index (χ4n) is 1.42. The molecule has 1 aromatic heterocycles. The standard InChI is InChI=1S/C11H9BrN2O3/c12-9-3-1-2-8-7(9)4-5-13-11(8)14-17-6-10(15)16/h1-5H,6H2,(H,13,14)(H,15,16). The van der Waals surface area contributed by atoms with Gasteiger partial charge in [0.2, 0.25) is 0 Å². The Labute approximate surface area is 106 Å². The second-order valence-electron chi connectivity index (χ2n) is 3.28. The number of carboxylic acids is 1. The lowest BCUT2D eigenvalue weighted by Crippen LogP contribution is -2.12. The van der Waals surface area contributed by atoms with Crippen molar-refractivity contribution in [2.45, 2.75) is 0 Å². The van der Waals surface area contributed by atoms with Crippen LogP contribution in [0.3, 0.4) is 0 Å². The Bertz CT molecular complexity index is 559. The van der Waals surface area contributed by atoms with Gasteiger partial charge in [-0.2, -0.15) is 0 Å². The molecule has 0 aliphatic heterocycles. The van der Waals surface area contributed by atoms with Crippen molar-refractivity contribution < 1.29 is 14.7 Å². The molecule has 0 fully saturated rings. The Kier molecular flexibility index (Phi) is 3.55. The first-order valence-corrected chi connectivity index (χ1v) is 5.60. The van der Waals surface area contributed by atoms with E-state index in [-0.39, 0.29) is 0 Å². The first-order chi connectivity index (χ1) is 8.18. The summed E-state index contributed by atoms with van der Waals surface area (Å²) in [6.07, 6.45) is 1.62. The van der Waals surface area contributed by atoms with Gasteiger partial charge < -0.3 is 5.11 Å². The molecule has 0 saturated carbocycles. The van der Waals surface area contributed by atoms with Gasteiger partial charge in [0.15, 0.2) is 12.4 Å². The normalized spacial score (nSPS) is 10.4. The summed E-state index contributed by atoms with van der Waals surface area (Å²) in [5, 5.41) is 10.3. The van der Waals surface area contributed by atoms with E-state index in [1.165, 1.54) is 0 Å². The van der Waals surface area contributed by atoms with Crippen LogP contribution >= 0.6 is 15.9 Å². The fourth-order valence-corrected chi connectivity index (χ4v) is 1.91. The number of carbonyl (C=O) groups is 1. The van der Waals surface area contributed by atoms with Crippen LogP contribution in [0.15, 0.2) is 34.9 Å². The van der Waals surface area contributed by atoms with E-state index < -0.39 is 12.6 Å². The van der Waals surface area contributed by atoms with E-state index in [0.29, 0.717) is 5.82 Å². The topological polar surface area (TPSA) is 71.5 Å². The van der Waals surface area contributed by atoms with Crippen molar-refractivity contribution in [3.63, 3.8) is 0 Å². The molecular weight excluding hydrogens is 288 g/mol. The molecule has 0 radical (unpaired) electrons. The van der Waals surface area contributed by atoms with Crippen LogP contribution in [0.1, 0.15) is 0 Å². The van der Waals surface area contributed by atoms with E-state index >= 15 is 0 Å². The van der Waals surface area contributed by atoms with Crippen molar-refractivity contribution in [1.82, 2.24) is 4.98 Å². The zero-order valence-electron chi connectivity index (χ0n) is 8.68. The van der Waals surface area contributed by atoms with Crippen LogP contribution in [0.25, 0.3) is 10.8 Å². The van der Waals surface area contributed by atoms with Gasteiger partial charge in [-0.1, -0.05) is 28.1 Å². The van der Waals surface area contributed by atoms with E-state index in [1.807, 2.05) is 24.3 Å². The zero-order valence-corrected chi connectivity index (χ0v) is 10.3. The second-order valence-corrected chi connectivity index (χ2v) is 4.13. The number of aliphatic carboxylic acids is 1. The van der Waals surface area contributed by atoms with Crippen LogP contribution in [0, 0.1) is 0 Å². The molecule has 17 heavy (non-hydrogen) atoms. The molecular formula is C11H9BrN2O3. The second kappa shape index (κ2) is 5.11. The van der Waals surface area contributed by atoms with Crippen molar-refractivity contribution >= 4 is 38.5 Å². The van der Waals surface area contributed by atoms with Crippen molar-refractivity contribution in [3.8, 4) is 0 Å². The van der Waals surface area contributed by atoms with E-state index in [2.05, 4.69) is 26.4 Å². The maximum Gasteiger partial charge on any atom is 0.332 e. The number of pyridine rings is 1. The third kappa shape index (κ3) is 2.72. The Morgan fingerprint density at radius 3 is 3.00 bits per heavy atom. The number of rotatable bonds is 4. The first kappa shape index (κ1) is 11.8. The molecule has 0 amide bonds. The molecule has 1 aromatic carbocycles. The highest BCUT2D eigenvalue weighted by Gasteiger charge is 2.05. The number of fused-ring (bicyclic) bond motifs is 1. The summed E-state index contributed by atoms with van der Waals surface area (Å²) in [6, 6.07) is 7.53. The van der Waals surface area contributed by atoms with E-state index in [9.17, 15) is 4.79 Å². The molecule has 0 bridgehead atoms. The summed E-state index contributed by atoms with van der Waals surface area (Å²) in [5.41, 5.74) is 2.53. The number of hydrogen-bond acceptors (Lipinski definition) is 4. The third-order valence-corrected chi connectivity index (χ3v) is 2.81. The van der Waals surface area contributed by atoms with Gasteiger partial charge in [-0.15, -0.1) is 0 Å². The number of nitrogens with one attached hydrogen (secondary N) is 1. The van der Waals surface area contributed by atoms with Gasteiger partial charge in [0.05, 0.1) is 0 Å². The minimum atomic E-state index is -1.04. The number of carboxylic acid groups (broad SMARTS) is 1. The van der Waals surface area contributed by atoms with Crippen molar-refractivity contribution in [2.75, 3.05) is 12.1 Å². The molecule has 6 heteroatoms. The van der Waals surface area contributed by atoms with E-state index in [1.54, 1.807) is 6.20 Å². The quantitative estimate of drug-likeness (QED) is 0.848. The zero-order chi connectivity index (χ0) is 12.3. The van der Waals surface area contributed by atoms with Gasteiger partial charge in [-0.3, -0.25) is 4.84 Å². The molecule has 88 valence electrons. The lowest BCUT2D eigenvalue weighted by Gasteiger charge is -2.08. The summed E-state index contributed by atoms with van der Waals surface area (Å²) in [7, 11) is 0. The summed E-state index contributed by atoms with van der Waals surface area (Å²) < 4.78 is 0.943. The van der Waals surface area contributed by atoms with Crippen LogP contribution < -0.4 is 5.48 Å². The fraction of sp³-hybridized carbons (Fsp3) is 0.0909. The van der Waals surface area contributed by atoms with E-state index in [4.69, 9.17) is 9.94 Å². The highest BCUT2D eigenvalue weighted by molar-refractivity contribution is 9.10. The highest BCUT2D eigenvalue weighted by atomic mass is 79.9. The molecule has 0 aliphatic carbocycles. The molecule has 2 N–H and O–H groups in total. The largest absolute Gasteiger partial charge is 0.479 e. The number of halogens is 1. The van der Waals surface area contributed by atoms with Crippen molar-refractivity contribution in [3.05, 3.63) is 34.9 Å². The lowest BCUT2D eigenvalue weighted by molar-refractivity contribution is -0.141. The van der Waals surface area contributed by atoms with Crippen LogP contribution in [0.4, 0.5) is 5.82 Å². The average Bonchev–Trinajstić information content (AvgIpc) is 2.30. The molecule has 2 aromatic rings. The van der Waals surface area contributed by atoms with Crippen molar-refractivity contribution in [1.29, 1.82) is 0 Å². The predicted octanol–water partition coefficient (Wildman–Crippen LogP) is 2.43. The Balaban J connectivity index is 2.28. The van der Waals surface area contributed by atoms with Crippen LogP contribution in [-0.4, -0.2) is 22.7 Å². The van der Waals surface area contributed by atoms with Crippen molar-refractivity contribution in [2.24, 2.45) is 0 Å². The molecule has 0 saturated heterocycles. The van der Waals surface area contributed by atoms with Gasteiger partial charge in [0.1, 0.15) is 0 Å². The molecule has 0 aliphatic rings. The maximum absolute atomic E-state index is 10.3. The minimum Gasteiger partial charge on any atom is -0.479 e. The summed E-state index contributed by atoms with van der Waals surface area (Å²) in [6.45, 7) is -0.425. The smallest absolute Gasteiger partial charge is 0.332 e. The number of aromatic nitrogens is 1.